The Bertz CT molecular complexity index is 214. The highest BCUT2D eigenvalue weighted by molar-refractivity contribution is 4.99. The van der Waals surface area contributed by atoms with E-state index in [1.54, 1.807) is 0 Å². The fourth-order valence-corrected chi connectivity index (χ4v) is 2.70. The standard InChI is InChI=1S/C13H28N2O/c1-10(2)11(3)15(5)12-6-7-13(8-12,9-16)14-4/h10-12,14,16H,6-9H2,1-5H3. The average molecular weight is 228 g/mol. The van der Waals surface area contributed by atoms with Crippen LogP contribution in [0.4, 0.5) is 0 Å². The summed E-state index contributed by atoms with van der Waals surface area (Å²) < 4.78 is 0. The second-order valence-electron chi connectivity index (χ2n) is 5.74. The van der Waals surface area contributed by atoms with E-state index in [1.165, 1.54) is 6.42 Å². The van der Waals surface area contributed by atoms with Crippen LogP contribution in [0.3, 0.4) is 0 Å². The van der Waals surface area contributed by atoms with E-state index in [4.69, 9.17) is 0 Å². The van der Waals surface area contributed by atoms with E-state index in [1.807, 2.05) is 7.05 Å². The molecule has 16 heavy (non-hydrogen) atoms. The number of nitrogens with one attached hydrogen (secondary N) is 1. The normalized spacial score (nSPS) is 32.6. The maximum atomic E-state index is 9.48. The molecule has 1 saturated carbocycles. The summed E-state index contributed by atoms with van der Waals surface area (Å²) in [6.45, 7) is 7.09. The molecule has 0 radical (unpaired) electrons. The molecule has 3 heteroatoms. The molecule has 3 nitrogen and oxygen atoms in total. The van der Waals surface area contributed by atoms with Crippen LogP contribution in [0.5, 0.6) is 0 Å². The van der Waals surface area contributed by atoms with Gasteiger partial charge in [-0.05, 0) is 46.2 Å². The van der Waals surface area contributed by atoms with Crippen molar-refractivity contribution in [1.82, 2.24) is 10.2 Å². The summed E-state index contributed by atoms with van der Waals surface area (Å²) >= 11 is 0. The van der Waals surface area contributed by atoms with E-state index < -0.39 is 0 Å². The lowest BCUT2D eigenvalue weighted by atomic mass is 9.98. The van der Waals surface area contributed by atoms with Crippen molar-refractivity contribution in [2.75, 3.05) is 20.7 Å². The van der Waals surface area contributed by atoms with Crippen molar-refractivity contribution in [3.8, 4) is 0 Å². The second-order valence-corrected chi connectivity index (χ2v) is 5.74. The number of hydrogen-bond donors (Lipinski definition) is 2. The minimum absolute atomic E-state index is 0.0321. The third kappa shape index (κ3) is 2.76. The number of likely N-dealkylation sites (N-methyl/N-ethyl adjacent to an activating group) is 1. The van der Waals surface area contributed by atoms with Crippen LogP contribution in [0.1, 0.15) is 40.0 Å². The molecule has 0 amide bonds. The zero-order chi connectivity index (χ0) is 12.3. The zero-order valence-corrected chi connectivity index (χ0v) is 11.5. The molecule has 1 aliphatic rings. The predicted molar refractivity (Wildman–Crippen MR) is 68.6 cm³/mol. The molecule has 0 aromatic rings. The van der Waals surface area contributed by atoms with Crippen LogP contribution in [0.2, 0.25) is 0 Å². The molecular formula is C13H28N2O. The molecule has 0 spiro atoms. The zero-order valence-electron chi connectivity index (χ0n) is 11.5. The van der Waals surface area contributed by atoms with Crippen LogP contribution in [0.15, 0.2) is 0 Å². The van der Waals surface area contributed by atoms with Gasteiger partial charge in [0, 0.05) is 17.6 Å². The fraction of sp³-hybridized carbons (Fsp3) is 1.00. The monoisotopic (exact) mass is 228 g/mol. The molecule has 2 N–H and O–H groups in total. The van der Waals surface area contributed by atoms with Crippen LogP contribution < -0.4 is 5.32 Å². The molecule has 0 aliphatic heterocycles. The van der Waals surface area contributed by atoms with Gasteiger partial charge >= 0.3 is 0 Å². The van der Waals surface area contributed by atoms with Crippen molar-refractivity contribution in [2.24, 2.45) is 5.92 Å². The highest BCUT2D eigenvalue weighted by atomic mass is 16.3. The lowest BCUT2D eigenvalue weighted by Gasteiger charge is -2.34. The number of aliphatic hydroxyl groups excluding tert-OH is 1. The maximum Gasteiger partial charge on any atom is 0.0613 e. The quantitative estimate of drug-likeness (QED) is 0.748. The molecule has 0 saturated heterocycles. The Morgan fingerprint density at radius 1 is 1.44 bits per heavy atom. The van der Waals surface area contributed by atoms with Crippen molar-refractivity contribution in [2.45, 2.75) is 57.7 Å². The van der Waals surface area contributed by atoms with Gasteiger partial charge in [0.05, 0.1) is 6.61 Å². The predicted octanol–water partition coefficient (Wildman–Crippen LogP) is 1.47. The first-order valence-electron chi connectivity index (χ1n) is 6.47. The molecule has 0 bridgehead atoms. The lowest BCUT2D eigenvalue weighted by Crippen LogP contribution is -2.47. The van der Waals surface area contributed by atoms with Gasteiger partial charge in [-0.1, -0.05) is 13.8 Å². The van der Waals surface area contributed by atoms with Crippen molar-refractivity contribution in [3.05, 3.63) is 0 Å². The number of rotatable bonds is 5. The summed E-state index contributed by atoms with van der Waals surface area (Å²) in [5, 5.41) is 12.8. The molecule has 3 unspecified atom stereocenters. The Kier molecular flexibility index (Phi) is 4.77. The van der Waals surface area contributed by atoms with E-state index in [9.17, 15) is 5.11 Å². The van der Waals surface area contributed by atoms with Crippen LogP contribution in [-0.4, -0.2) is 48.3 Å². The summed E-state index contributed by atoms with van der Waals surface area (Å²) in [5.41, 5.74) is -0.0321. The van der Waals surface area contributed by atoms with E-state index >= 15 is 0 Å². The van der Waals surface area contributed by atoms with Crippen molar-refractivity contribution < 1.29 is 5.11 Å². The molecule has 0 heterocycles. The molecule has 1 rings (SSSR count). The number of nitrogens with zero attached hydrogens (tertiary/aromatic N) is 1. The molecule has 96 valence electrons. The summed E-state index contributed by atoms with van der Waals surface area (Å²) in [5.74, 6) is 0.684. The van der Waals surface area contributed by atoms with Gasteiger partial charge in [-0.2, -0.15) is 0 Å². The van der Waals surface area contributed by atoms with Gasteiger partial charge in [-0.3, -0.25) is 0 Å². The Morgan fingerprint density at radius 3 is 2.44 bits per heavy atom. The smallest absolute Gasteiger partial charge is 0.0613 e. The van der Waals surface area contributed by atoms with E-state index in [2.05, 4.69) is 38.0 Å². The summed E-state index contributed by atoms with van der Waals surface area (Å²) in [6.07, 6.45) is 3.34. The first-order chi connectivity index (χ1) is 7.45. The minimum atomic E-state index is -0.0321. The van der Waals surface area contributed by atoms with Crippen LogP contribution >= 0.6 is 0 Å². The number of hydrogen-bond acceptors (Lipinski definition) is 3. The summed E-state index contributed by atoms with van der Waals surface area (Å²) in [6, 6.07) is 1.22. The topological polar surface area (TPSA) is 35.5 Å². The van der Waals surface area contributed by atoms with E-state index in [0.717, 1.165) is 12.8 Å². The lowest BCUT2D eigenvalue weighted by molar-refractivity contribution is 0.126. The number of aliphatic hydroxyl groups is 1. The van der Waals surface area contributed by atoms with Gasteiger partial charge in [-0.15, -0.1) is 0 Å². The van der Waals surface area contributed by atoms with E-state index in [-0.39, 0.29) is 12.1 Å². The van der Waals surface area contributed by atoms with Crippen LogP contribution in [-0.2, 0) is 0 Å². The van der Waals surface area contributed by atoms with Crippen molar-refractivity contribution in [3.63, 3.8) is 0 Å². The van der Waals surface area contributed by atoms with Gasteiger partial charge in [0.15, 0.2) is 0 Å². The SMILES string of the molecule is CNC1(CO)CCC(N(C)C(C)C(C)C)C1. The molecule has 1 aliphatic carbocycles. The Morgan fingerprint density at radius 2 is 2.06 bits per heavy atom. The van der Waals surface area contributed by atoms with Crippen molar-refractivity contribution in [1.29, 1.82) is 0 Å². The van der Waals surface area contributed by atoms with Gasteiger partial charge in [-0.25, -0.2) is 0 Å². The fourth-order valence-electron chi connectivity index (χ4n) is 2.70. The first-order valence-corrected chi connectivity index (χ1v) is 6.47. The third-order valence-corrected chi connectivity index (χ3v) is 4.60. The highest BCUT2D eigenvalue weighted by Gasteiger charge is 2.39. The van der Waals surface area contributed by atoms with Crippen LogP contribution in [0.25, 0.3) is 0 Å². The molecular weight excluding hydrogens is 200 g/mol. The second kappa shape index (κ2) is 5.48. The van der Waals surface area contributed by atoms with Gasteiger partial charge < -0.3 is 15.3 Å². The molecule has 0 aromatic heterocycles. The average Bonchev–Trinajstić information content (AvgIpc) is 2.72. The third-order valence-electron chi connectivity index (χ3n) is 4.60. The van der Waals surface area contributed by atoms with Crippen LogP contribution in [0, 0.1) is 5.92 Å². The Balaban J connectivity index is 2.58. The maximum absolute atomic E-state index is 9.48. The van der Waals surface area contributed by atoms with Gasteiger partial charge in [0.1, 0.15) is 0 Å². The van der Waals surface area contributed by atoms with Gasteiger partial charge in [0.2, 0.25) is 0 Å². The minimum Gasteiger partial charge on any atom is -0.394 e. The Labute approximate surface area is 100 Å². The van der Waals surface area contributed by atoms with Gasteiger partial charge in [0.25, 0.3) is 0 Å². The summed E-state index contributed by atoms with van der Waals surface area (Å²) in [7, 11) is 4.18. The largest absolute Gasteiger partial charge is 0.394 e. The summed E-state index contributed by atoms with van der Waals surface area (Å²) in [4.78, 5) is 2.49. The molecule has 3 atom stereocenters. The Hall–Kier alpha value is -0.120. The van der Waals surface area contributed by atoms with Crippen molar-refractivity contribution >= 4 is 0 Å². The van der Waals surface area contributed by atoms with E-state index in [0.29, 0.717) is 18.0 Å². The molecule has 0 aromatic carbocycles. The first kappa shape index (κ1) is 13.9. The molecule has 1 fully saturated rings. The highest BCUT2D eigenvalue weighted by Crippen LogP contribution is 2.33.